The zero-order valence-corrected chi connectivity index (χ0v) is 10.4. The monoisotopic (exact) mass is 253 g/mol. The Hall–Kier alpha value is -1.43. The number of carboxylic acid groups (broad SMARTS) is 1. The highest BCUT2D eigenvalue weighted by molar-refractivity contribution is 5.66. The molecule has 6 heteroatoms. The fourth-order valence-corrected chi connectivity index (χ4v) is 2.12. The van der Waals surface area contributed by atoms with E-state index in [1.807, 2.05) is 10.9 Å². The Morgan fingerprint density at radius 3 is 3.17 bits per heavy atom. The predicted octanol–water partition coefficient (Wildman–Crippen LogP) is 1.43. The molecule has 1 unspecified atom stereocenters. The predicted molar refractivity (Wildman–Crippen MR) is 64.3 cm³/mol. The van der Waals surface area contributed by atoms with E-state index in [2.05, 4.69) is 10.3 Å². The number of aliphatic carboxylic acids is 1. The van der Waals surface area contributed by atoms with Crippen molar-refractivity contribution in [1.82, 2.24) is 15.0 Å². The average molecular weight is 253 g/mol. The van der Waals surface area contributed by atoms with Crippen molar-refractivity contribution in [2.75, 3.05) is 13.2 Å². The third-order valence-corrected chi connectivity index (χ3v) is 3.14. The highest BCUT2D eigenvalue weighted by atomic mass is 16.5. The number of hydrogen-bond donors (Lipinski definition) is 1. The second kappa shape index (κ2) is 6.49. The summed E-state index contributed by atoms with van der Waals surface area (Å²) in [5.74, 6) is -0.738. The standard InChI is InChI=1S/C12H19N3O3/c16-12(17)6-2-1-4-10-8-15(14-13-10)11-5-3-7-18-9-11/h8,11H,1-7,9H2,(H,16,17). The van der Waals surface area contributed by atoms with E-state index in [0.29, 0.717) is 19.1 Å². The number of unbranched alkanes of at least 4 members (excludes halogenated alkanes) is 1. The van der Waals surface area contributed by atoms with Gasteiger partial charge in [-0.2, -0.15) is 0 Å². The number of carbonyl (C=O) groups is 1. The van der Waals surface area contributed by atoms with E-state index >= 15 is 0 Å². The van der Waals surface area contributed by atoms with E-state index in [-0.39, 0.29) is 6.42 Å². The zero-order chi connectivity index (χ0) is 12.8. The number of aromatic nitrogens is 3. The molecule has 1 aliphatic rings. The lowest BCUT2D eigenvalue weighted by Crippen LogP contribution is -2.21. The van der Waals surface area contributed by atoms with Gasteiger partial charge in [0.15, 0.2) is 0 Å². The van der Waals surface area contributed by atoms with Crippen LogP contribution in [-0.4, -0.2) is 39.3 Å². The molecule has 2 rings (SSSR count). The molecule has 18 heavy (non-hydrogen) atoms. The second-order valence-electron chi connectivity index (χ2n) is 4.66. The van der Waals surface area contributed by atoms with Gasteiger partial charge in [0.25, 0.3) is 0 Å². The molecule has 1 N–H and O–H groups in total. The summed E-state index contributed by atoms with van der Waals surface area (Å²) in [5, 5.41) is 16.8. The summed E-state index contributed by atoms with van der Waals surface area (Å²) >= 11 is 0. The van der Waals surface area contributed by atoms with Crippen molar-refractivity contribution in [2.45, 2.75) is 44.6 Å². The van der Waals surface area contributed by atoms with Crippen LogP contribution in [0, 0.1) is 0 Å². The van der Waals surface area contributed by atoms with Gasteiger partial charge in [-0.3, -0.25) is 4.79 Å². The maximum atomic E-state index is 10.4. The molecule has 0 amide bonds. The largest absolute Gasteiger partial charge is 0.481 e. The van der Waals surface area contributed by atoms with E-state index in [1.54, 1.807) is 0 Å². The number of rotatable bonds is 6. The first-order chi connectivity index (χ1) is 8.75. The van der Waals surface area contributed by atoms with Crippen LogP contribution in [-0.2, 0) is 16.0 Å². The van der Waals surface area contributed by atoms with Gasteiger partial charge in [0.1, 0.15) is 0 Å². The van der Waals surface area contributed by atoms with Crippen molar-refractivity contribution in [3.05, 3.63) is 11.9 Å². The normalized spacial score (nSPS) is 19.9. The quantitative estimate of drug-likeness (QED) is 0.776. The molecular formula is C12H19N3O3. The fraction of sp³-hybridized carbons (Fsp3) is 0.750. The van der Waals surface area contributed by atoms with Gasteiger partial charge in [0.05, 0.1) is 18.3 Å². The number of carboxylic acids is 1. The zero-order valence-electron chi connectivity index (χ0n) is 10.4. The van der Waals surface area contributed by atoms with Gasteiger partial charge in [0, 0.05) is 19.2 Å². The smallest absolute Gasteiger partial charge is 0.303 e. The van der Waals surface area contributed by atoms with Crippen LogP contribution in [0.5, 0.6) is 0 Å². The van der Waals surface area contributed by atoms with Crippen LogP contribution in [0.4, 0.5) is 0 Å². The molecule has 0 radical (unpaired) electrons. The summed E-state index contributed by atoms with van der Waals surface area (Å²) in [6.45, 7) is 1.55. The van der Waals surface area contributed by atoms with E-state index < -0.39 is 5.97 Å². The Balaban J connectivity index is 1.76. The van der Waals surface area contributed by atoms with Crippen molar-refractivity contribution in [3.8, 4) is 0 Å². The van der Waals surface area contributed by atoms with Crippen molar-refractivity contribution < 1.29 is 14.6 Å². The second-order valence-corrected chi connectivity index (χ2v) is 4.66. The first-order valence-electron chi connectivity index (χ1n) is 6.46. The van der Waals surface area contributed by atoms with Gasteiger partial charge >= 0.3 is 5.97 Å². The number of ether oxygens (including phenoxy) is 1. The summed E-state index contributed by atoms with van der Waals surface area (Å²) in [7, 11) is 0. The highest BCUT2D eigenvalue weighted by Crippen LogP contribution is 2.18. The number of nitrogens with zero attached hydrogens (tertiary/aromatic N) is 3. The van der Waals surface area contributed by atoms with Crippen molar-refractivity contribution >= 4 is 5.97 Å². The summed E-state index contributed by atoms with van der Waals surface area (Å²) in [6.07, 6.45) is 6.66. The van der Waals surface area contributed by atoms with Gasteiger partial charge < -0.3 is 9.84 Å². The fourth-order valence-electron chi connectivity index (χ4n) is 2.12. The molecule has 1 aromatic heterocycles. The molecule has 1 fully saturated rings. The molecule has 0 aromatic carbocycles. The van der Waals surface area contributed by atoms with Crippen LogP contribution < -0.4 is 0 Å². The van der Waals surface area contributed by atoms with Crippen LogP contribution in [0.1, 0.15) is 43.8 Å². The molecule has 0 spiro atoms. The van der Waals surface area contributed by atoms with Gasteiger partial charge in [-0.1, -0.05) is 5.21 Å². The minimum Gasteiger partial charge on any atom is -0.481 e. The van der Waals surface area contributed by atoms with Gasteiger partial charge in [0.2, 0.25) is 0 Å². The summed E-state index contributed by atoms with van der Waals surface area (Å²) in [4.78, 5) is 10.4. The van der Waals surface area contributed by atoms with Crippen molar-refractivity contribution in [2.24, 2.45) is 0 Å². The molecule has 6 nitrogen and oxygen atoms in total. The maximum Gasteiger partial charge on any atom is 0.303 e. The Kier molecular flexibility index (Phi) is 4.69. The topological polar surface area (TPSA) is 77.2 Å². The molecule has 0 bridgehead atoms. The van der Waals surface area contributed by atoms with Crippen LogP contribution in [0.15, 0.2) is 6.20 Å². The van der Waals surface area contributed by atoms with E-state index in [1.165, 1.54) is 0 Å². The molecule has 1 saturated heterocycles. The molecule has 1 atom stereocenters. The van der Waals surface area contributed by atoms with Crippen molar-refractivity contribution in [1.29, 1.82) is 0 Å². The molecule has 1 aromatic rings. The van der Waals surface area contributed by atoms with Crippen LogP contribution in [0.2, 0.25) is 0 Å². The average Bonchev–Trinajstić information content (AvgIpc) is 2.84. The van der Waals surface area contributed by atoms with E-state index in [9.17, 15) is 4.79 Å². The minimum atomic E-state index is -0.738. The van der Waals surface area contributed by atoms with Crippen molar-refractivity contribution in [3.63, 3.8) is 0 Å². The Bertz CT molecular complexity index is 386. The molecule has 1 aliphatic heterocycles. The SMILES string of the molecule is O=C(O)CCCCc1cn(C2CCCOC2)nn1. The lowest BCUT2D eigenvalue weighted by Gasteiger charge is -2.21. The first kappa shape index (κ1) is 13.0. The molecule has 100 valence electrons. The minimum absolute atomic E-state index is 0.227. The van der Waals surface area contributed by atoms with Crippen LogP contribution in [0.25, 0.3) is 0 Å². The van der Waals surface area contributed by atoms with Crippen LogP contribution >= 0.6 is 0 Å². The first-order valence-corrected chi connectivity index (χ1v) is 6.46. The molecule has 0 saturated carbocycles. The third-order valence-electron chi connectivity index (χ3n) is 3.14. The van der Waals surface area contributed by atoms with Gasteiger partial charge in [-0.25, -0.2) is 4.68 Å². The lowest BCUT2D eigenvalue weighted by atomic mass is 10.1. The number of aryl methyl sites for hydroxylation is 1. The lowest BCUT2D eigenvalue weighted by molar-refractivity contribution is -0.137. The molecule has 0 aliphatic carbocycles. The number of hydrogen-bond acceptors (Lipinski definition) is 4. The highest BCUT2D eigenvalue weighted by Gasteiger charge is 2.17. The Morgan fingerprint density at radius 2 is 2.44 bits per heavy atom. The van der Waals surface area contributed by atoms with E-state index in [0.717, 1.165) is 38.0 Å². The Morgan fingerprint density at radius 1 is 1.56 bits per heavy atom. The van der Waals surface area contributed by atoms with Gasteiger partial charge in [-0.15, -0.1) is 5.10 Å². The molecular weight excluding hydrogens is 234 g/mol. The summed E-state index contributed by atoms with van der Waals surface area (Å²) in [5.41, 5.74) is 0.936. The van der Waals surface area contributed by atoms with E-state index in [4.69, 9.17) is 9.84 Å². The summed E-state index contributed by atoms with van der Waals surface area (Å²) in [6, 6.07) is 0.305. The van der Waals surface area contributed by atoms with Crippen LogP contribution in [0.3, 0.4) is 0 Å². The van der Waals surface area contributed by atoms with Gasteiger partial charge in [-0.05, 0) is 32.1 Å². The molecule has 2 heterocycles. The third kappa shape index (κ3) is 3.80. The Labute approximate surface area is 106 Å². The summed E-state index contributed by atoms with van der Waals surface area (Å²) < 4.78 is 7.30. The maximum absolute atomic E-state index is 10.4.